The molecule has 0 aliphatic carbocycles. The van der Waals surface area contributed by atoms with Crippen LogP contribution in [0.25, 0.3) is 0 Å². The van der Waals surface area contributed by atoms with Gasteiger partial charge in [-0.3, -0.25) is 14.7 Å². The topological polar surface area (TPSA) is 61.8 Å². The lowest BCUT2D eigenvalue weighted by molar-refractivity contribution is -0.130. The van der Waals surface area contributed by atoms with Gasteiger partial charge < -0.3 is 14.5 Å². The second-order valence-electron chi connectivity index (χ2n) is 8.90. The fourth-order valence-corrected chi connectivity index (χ4v) is 5.29. The number of ether oxygens (including phenoxy) is 1. The number of hydrogen-bond donors (Lipinski definition) is 0. The van der Waals surface area contributed by atoms with Crippen LogP contribution in [0, 0.1) is 0 Å². The van der Waals surface area contributed by atoms with Crippen molar-refractivity contribution in [2.45, 2.75) is 37.3 Å². The van der Waals surface area contributed by atoms with Crippen molar-refractivity contribution in [3.8, 4) is 0 Å². The lowest BCUT2D eigenvalue weighted by Crippen LogP contribution is -2.57. The molecule has 0 aromatic carbocycles. The summed E-state index contributed by atoms with van der Waals surface area (Å²) in [6.45, 7) is 6.50. The first kappa shape index (κ1) is 20.4. The molecule has 0 bridgehead atoms. The zero-order valence-corrected chi connectivity index (χ0v) is 18.0. The van der Waals surface area contributed by atoms with E-state index in [0.717, 1.165) is 77.4 Å². The zero-order chi connectivity index (χ0) is 21.1. The number of carbonyl (C=O) groups excluding carboxylic acids is 1. The number of nitrogens with zero attached hydrogens (tertiary/aromatic N) is 5. The first-order valence-electron chi connectivity index (χ1n) is 11.5. The Morgan fingerprint density at radius 3 is 2.35 bits per heavy atom. The minimum atomic E-state index is -0.0814. The van der Waals surface area contributed by atoms with Gasteiger partial charge in [-0.2, -0.15) is 0 Å². The molecule has 164 valence electrons. The largest absolute Gasteiger partial charge is 0.375 e. The molecule has 1 atom stereocenters. The minimum Gasteiger partial charge on any atom is -0.375 e. The number of piperazine rings is 1. The Kier molecular flexibility index (Phi) is 5.87. The standard InChI is InChI=1S/C24H31N5O2/c30-23(21-5-1-3-10-25-21)29-12-8-24(9-13-29)19-20(7-18-31-24)27-14-16-28(17-15-27)22-6-2-4-11-26-22/h1-6,10-11,20H,7-9,12-19H2/t20-/m1/s1. The number of rotatable bonds is 3. The third kappa shape index (κ3) is 4.43. The molecule has 1 spiro atoms. The van der Waals surface area contributed by atoms with E-state index in [1.807, 2.05) is 29.3 Å². The Labute approximate surface area is 184 Å². The maximum absolute atomic E-state index is 12.7. The van der Waals surface area contributed by atoms with Gasteiger partial charge in [0.1, 0.15) is 11.5 Å². The van der Waals surface area contributed by atoms with Crippen LogP contribution in [0.1, 0.15) is 36.2 Å². The van der Waals surface area contributed by atoms with Gasteiger partial charge in [0.15, 0.2) is 0 Å². The number of aromatic nitrogens is 2. The van der Waals surface area contributed by atoms with Crippen molar-refractivity contribution in [2.24, 2.45) is 0 Å². The number of piperidine rings is 1. The number of hydrogen-bond acceptors (Lipinski definition) is 6. The molecule has 0 unspecified atom stereocenters. The van der Waals surface area contributed by atoms with Crippen molar-refractivity contribution < 1.29 is 9.53 Å². The van der Waals surface area contributed by atoms with Gasteiger partial charge >= 0.3 is 0 Å². The SMILES string of the molecule is O=C(c1ccccn1)N1CCC2(CC1)C[C@H](N1CCN(c3ccccn3)CC1)CCO2. The van der Waals surface area contributed by atoms with E-state index in [4.69, 9.17) is 4.74 Å². The maximum Gasteiger partial charge on any atom is 0.272 e. The predicted molar refractivity (Wildman–Crippen MR) is 119 cm³/mol. The number of pyridine rings is 2. The molecule has 31 heavy (non-hydrogen) atoms. The van der Waals surface area contributed by atoms with Gasteiger partial charge in [0.25, 0.3) is 5.91 Å². The molecule has 0 saturated carbocycles. The minimum absolute atomic E-state index is 0.0356. The molecule has 3 aliphatic rings. The van der Waals surface area contributed by atoms with Gasteiger partial charge in [-0.25, -0.2) is 4.98 Å². The average Bonchev–Trinajstić information content (AvgIpc) is 2.85. The molecule has 3 fully saturated rings. The van der Waals surface area contributed by atoms with Crippen molar-refractivity contribution in [3.05, 3.63) is 54.5 Å². The third-order valence-corrected chi connectivity index (χ3v) is 7.12. The summed E-state index contributed by atoms with van der Waals surface area (Å²) >= 11 is 0. The van der Waals surface area contributed by atoms with Crippen molar-refractivity contribution in [2.75, 3.05) is 50.8 Å². The molecule has 1 amide bonds. The van der Waals surface area contributed by atoms with Gasteiger partial charge in [0, 0.05) is 64.3 Å². The van der Waals surface area contributed by atoms with Crippen molar-refractivity contribution in [3.63, 3.8) is 0 Å². The van der Waals surface area contributed by atoms with Crippen LogP contribution in [0.4, 0.5) is 5.82 Å². The first-order valence-corrected chi connectivity index (χ1v) is 11.5. The normalized spacial score (nSPS) is 24.3. The Morgan fingerprint density at radius 2 is 1.68 bits per heavy atom. The van der Waals surface area contributed by atoms with Gasteiger partial charge in [-0.05, 0) is 49.9 Å². The Bertz CT molecular complexity index is 862. The van der Waals surface area contributed by atoms with Crippen LogP contribution in [0.3, 0.4) is 0 Å². The Morgan fingerprint density at radius 1 is 0.935 bits per heavy atom. The van der Waals surface area contributed by atoms with Crippen LogP contribution in [-0.2, 0) is 4.74 Å². The van der Waals surface area contributed by atoms with Crippen LogP contribution in [0.2, 0.25) is 0 Å². The molecular weight excluding hydrogens is 390 g/mol. The van der Waals surface area contributed by atoms with Crippen LogP contribution in [-0.4, -0.2) is 83.2 Å². The summed E-state index contributed by atoms with van der Waals surface area (Å²) in [5.41, 5.74) is 0.453. The van der Waals surface area contributed by atoms with E-state index >= 15 is 0 Å². The smallest absolute Gasteiger partial charge is 0.272 e. The second-order valence-corrected chi connectivity index (χ2v) is 8.90. The van der Waals surface area contributed by atoms with E-state index in [2.05, 4.69) is 31.9 Å². The summed E-state index contributed by atoms with van der Waals surface area (Å²) in [5.74, 6) is 1.11. The van der Waals surface area contributed by atoms with E-state index in [1.165, 1.54) is 0 Å². The summed E-state index contributed by atoms with van der Waals surface area (Å²) in [5, 5.41) is 0. The van der Waals surface area contributed by atoms with Crippen molar-refractivity contribution in [1.82, 2.24) is 19.8 Å². The van der Waals surface area contributed by atoms with E-state index < -0.39 is 0 Å². The second kappa shape index (κ2) is 8.93. The van der Waals surface area contributed by atoms with E-state index in [1.54, 1.807) is 12.3 Å². The molecule has 5 rings (SSSR count). The van der Waals surface area contributed by atoms with E-state index in [0.29, 0.717) is 11.7 Å². The van der Waals surface area contributed by atoms with E-state index in [-0.39, 0.29) is 11.5 Å². The highest BCUT2D eigenvalue weighted by Crippen LogP contribution is 2.37. The maximum atomic E-state index is 12.7. The van der Waals surface area contributed by atoms with Crippen LogP contribution in [0.15, 0.2) is 48.8 Å². The quantitative estimate of drug-likeness (QED) is 0.759. The molecule has 3 saturated heterocycles. The van der Waals surface area contributed by atoms with Crippen LogP contribution >= 0.6 is 0 Å². The molecule has 2 aromatic rings. The lowest BCUT2D eigenvalue weighted by Gasteiger charge is -2.49. The summed E-state index contributed by atoms with van der Waals surface area (Å²) in [7, 11) is 0. The molecule has 0 N–H and O–H groups in total. The molecular formula is C24H31N5O2. The summed E-state index contributed by atoms with van der Waals surface area (Å²) in [6, 6.07) is 12.2. The highest BCUT2D eigenvalue weighted by molar-refractivity contribution is 5.92. The molecule has 7 nitrogen and oxygen atoms in total. The molecule has 0 radical (unpaired) electrons. The van der Waals surface area contributed by atoms with Crippen molar-refractivity contribution in [1.29, 1.82) is 0 Å². The average molecular weight is 422 g/mol. The highest BCUT2D eigenvalue weighted by atomic mass is 16.5. The number of anilines is 1. The zero-order valence-electron chi connectivity index (χ0n) is 18.0. The third-order valence-electron chi connectivity index (χ3n) is 7.12. The highest BCUT2D eigenvalue weighted by Gasteiger charge is 2.43. The predicted octanol–water partition coefficient (Wildman–Crippen LogP) is 2.45. The van der Waals surface area contributed by atoms with Gasteiger partial charge in [0.2, 0.25) is 0 Å². The number of carbonyl (C=O) groups is 1. The molecule has 3 aliphatic heterocycles. The molecule has 5 heterocycles. The monoisotopic (exact) mass is 421 g/mol. The van der Waals surface area contributed by atoms with E-state index in [9.17, 15) is 4.79 Å². The van der Waals surface area contributed by atoms with Gasteiger partial charge in [-0.1, -0.05) is 12.1 Å². The summed E-state index contributed by atoms with van der Waals surface area (Å²) in [4.78, 5) is 28.4. The Balaban J connectivity index is 1.15. The fourth-order valence-electron chi connectivity index (χ4n) is 5.29. The number of likely N-dealkylation sites (tertiary alicyclic amines) is 1. The first-order chi connectivity index (χ1) is 15.2. The molecule has 7 heteroatoms. The number of amides is 1. The fraction of sp³-hybridized carbons (Fsp3) is 0.542. The summed E-state index contributed by atoms with van der Waals surface area (Å²) in [6.07, 6.45) is 7.55. The van der Waals surface area contributed by atoms with Crippen LogP contribution in [0.5, 0.6) is 0 Å². The van der Waals surface area contributed by atoms with Gasteiger partial charge in [-0.15, -0.1) is 0 Å². The van der Waals surface area contributed by atoms with Crippen molar-refractivity contribution >= 4 is 11.7 Å². The Hall–Kier alpha value is -2.51. The van der Waals surface area contributed by atoms with Gasteiger partial charge in [0.05, 0.1) is 5.60 Å². The lowest BCUT2D eigenvalue weighted by atomic mass is 9.81. The van der Waals surface area contributed by atoms with Crippen LogP contribution < -0.4 is 4.90 Å². The summed E-state index contributed by atoms with van der Waals surface area (Å²) < 4.78 is 6.35. The molecule has 2 aromatic heterocycles.